The Morgan fingerprint density at radius 2 is 1.71 bits per heavy atom. The molecule has 2 aromatic carbocycles. The maximum Gasteiger partial charge on any atom is 0.221 e. The predicted molar refractivity (Wildman–Crippen MR) is 111 cm³/mol. The number of carbonyl (C=O) groups excluding carboxylic acids is 1. The van der Waals surface area contributed by atoms with Gasteiger partial charge in [-0.15, -0.1) is 0 Å². The number of nitrogens with one attached hydrogen (secondary N) is 1. The van der Waals surface area contributed by atoms with Crippen LogP contribution in [0.2, 0.25) is 0 Å². The summed E-state index contributed by atoms with van der Waals surface area (Å²) in [4.78, 5) is 15.5. The van der Waals surface area contributed by atoms with E-state index in [9.17, 15) is 13.6 Å². The molecule has 1 unspecified atom stereocenters. The molecule has 0 bridgehead atoms. The van der Waals surface area contributed by atoms with E-state index in [1.54, 1.807) is 24.5 Å². The number of para-hydroxylation sites is 1. The van der Waals surface area contributed by atoms with Gasteiger partial charge >= 0.3 is 0 Å². The van der Waals surface area contributed by atoms with Crippen LogP contribution in [0, 0.1) is 13.8 Å². The lowest BCUT2D eigenvalue weighted by Crippen LogP contribution is -2.21. The van der Waals surface area contributed by atoms with E-state index in [0.29, 0.717) is 17.1 Å². The standard InChI is InChI=1S/C21H21N3O3S/c1-14-6-4-5-7-20(14)24(28(26)27)21-11-17(9-8-15(21)2)18-10-19(13-22-12-18)23-16(3)25/h4-13H,1-3H3,(H,23,25)(H,26,27)/p-1. The molecule has 1 N–H and O–H groups in total. The molecular weight excluding hydrogens is 374 g/mol. The topological polar surface area (TPSA) is 85.4 Å². The minimum atomic E-state index is -2.49. The lowest BCUT2D eigenvalue weighted by molar-refractivity contribution is -0.114. The first kappa shape index (κ1) is 19.7. The SMILES string of the molecule is CC(=O)Nc1cncc(-c2ccc(C)c(N(c3ccccc3C)S(=O)[O-])c2)c1. The molecule has 0 saturated carbocycles. The van der Waals surface area contributed by atoms with E-state index >= 15 is 0 Å². The molecule has 1 amide bonds. The highest BCUT2D eigenvalue weighted by Crippen LogP contribution is 2.35. The van der Waals surface area contributed by atoms with Crippen molar-refractivity contribution >= 4 is 34.2 Å². The highest BCUT2D eigenvalue weighted by Gasteiger charge is 2.16. The van der Waals surface area contributed by atoms with E-state index in [1.807, 2.05) is 50.2 Å². The van der Waals surface area contributed by atoms with Crippen LogP contribution < -0.4 is 9.62 Å². The van der Waals surface area contributed by atoms with Crippen LogP contribution in [0.15, 0.2) is 60.9 Å². The van der Waals surface area contributed by atoms with Crippen LogP contribution in [0.4, 0.5) is 17.1 Å². The molecule has 0 spiro atoms. The molecule has 28 heavy (non-hydrogen) atoms. The van der Waals surface area contributed by atoms with Crippen molar-refractivity contribution in [3.05, 3.63) is 72.1 Å². The molecule has 0 aliphatic heterocycles. The molecule has 7 heteroatoms. The van der Waals surface area contributed by atoms with Crippen molar-refractivity contribution in [3.8, 4) is 11.1 Å². The molecule has 1 heterocycles. The van der Waals surface area contributed by atoms with Crippen LogP contribution in [0.1, 0.15) is 18.1 Å². The van der Waals surface area contributed by atoms with E-state index in [2.05, 4.69) is 10.3 Å². The summed E-state index contributed by atoms with van der Waals surface area (Å²) in [5, 5.41) is 2.70. The van der Waals surface area contributed by atoms with Gasteiger partial charge in [-0.25, -0.2) is 0 Å². The van der Waals surface area contributed by atoms with E-state index in [4.69, 9.17) is 0 Å². The summed E-state index contributed by atoms with van der Waals surface area (Å²) in [5.74, 6) is -0.184. The third-order valence-electron chi connectivity index (χ3n) is 4.30. The van der Waals surface area contributed by atoms with Crippen LogP contribution in [0.25, 0.3) is 11.1 Å². The number of rotatable bonds is 5. The van der Waals surface area contributed by atoms with Gasteiger partial charge in [0.15, 0.2) is 0 Å². The van der Waals surface area contributed by atoms with Crippen LogP contribution >= 0.6 is 0 Å². The Morgan fingerprint density at radius 1 is 1.00 bits per heavy atom. The Balaban J connectivity index is 2.10. The zero-order valence-corrected chi connectivity index (χ0v) is 16.6. The van der Waals surface area contributed by atoms with Crippen LogP contribution in [-0.4, -0.2) is 19.7 Å². The molecule has 0 saturated heterocycles. The van der Waals surface area contributed by atoms with Gasteiger partial charge in [0.05, 0.1) is 34.5 Å². The number of aromatic nitrogens is 1. The van der Waals surface area contributed by atoms with Crippen molar-refractivity contribution < 1.29 is 13.6 Å². The first-order valence-electron chi connectivity index (χ1n) is 8.65. The Labute approximate surface area is 166 Å². The maximum atomic E-state index is 12.1. The van der Waals surface area contributed by atoms with Crippen LogP contribution in [-0.2, 0) is 16.1 Å². The number of nitrogens with zero attached hydrogens (tertiary/aromatic N) is 2. The zero-order chi connectivity index (χ0) is 20.3. The van der Waals surface area contributed by atoms with Gasteiger partial charge in [-0.2, -0.15) is 0 Å². The molecule has 144 valence electrons. The summed E-state index contributed by atoms with van der Waals surface area (Å²) in [7, 11) is 0. The molecule has 3 aromatic rings. The normalized spacial score (nSPS) is 11.7. The number of anilines is 3. The van der Waals surface area contributed by atoms with Gasteiger partial charge in [-0.1, -0.05) is 30.3 Å². The molecule has 1 atom stereocenters. The highest BCUT2D eigenvalue weighted by atomic mass is 32.2. The number of hydrogen-bond donors (Lipinski definition) is 1. The zero-order valence-electron chi connectivity index (χ0n) is 15.8. The van der Waals surface area contributed by atoms with Gasteiger partial charge < -0.3 is 9.87 Å². The smallest absolute Gasteiger partial charge is 0.221 e. The number of pyridine rings is 1. The Hall–Kier alpha value is -3.03. The van der Waals surface area contributed by atoms with Crippen molar-refractivity contribution in [3.63, 3.8) is 0 Å². The molecule has 0 aliphatic carbocycles. The second kappa shape index (κ2) is 8.33. The third kappa shape index (κ3) is 4.27. The monoisotopic (exact) mass is 394 g/mol. The Morgan fingerprint density at radius 3 is 2.39 bits per heavy atom. The van der Waals surface area contributed by atoms with Gasteiger partial charge in [-0.3, -0.25) is 18.3 Å². The lowest BCUT2D eigenvalue weighted by atomic mass is 10.0. The minimum Gasteiger partial charge on any atom is -0.755 e. The van der Waals surface area contributed by atoms with Gasteiger partial charge in [0.25, 0.3) is 0 Å². The van der Waals surface area contributed by atoms with Crippen LogP contribution in [0.5, 0.6) is 0 Å². The average Bonchev–Trinajstić information content (AvgIpc) is 2.64. The van der Waals surface area contributed by atoms with Gasteiger partial charge in [0, 0.05) is 18.7 Å². The van der Waals surface area contributed by atoms with E-state index in [0.717, 1.165) is 22.3 Å². The fourth-order valence-corrected chi connectivity index (χ4v) is 3.68. The highest BCUT2D eigenvalue weighted by molar-refractivity contribution is 7.81. The Kier molecular flexibility index (Phi) is 5.87. The molecular formula is C21H20N3O3S-. The average molecular weight is 394 g/mol. The summed E-state index contributed by atoms with van der Waals surface area (Å²) in [6, 6.07) is 14.7. The van der Waals surface area contributed by atoms with Crippen molar-refractivity contribution in [2.75, 3.05) is 9.62 Å². The molecule has 6 nitrogen and oxygen atoms in total. The summed E-state index contributed by atoms with van der Waals surface area (Å²) in [6.45, 7) is 5.17. The summed E-state index contributed by atoms with van der Waals surface area (Å²) in [5.41, 5.74) is 4.98. The second-order valence-corrected chi connectivity index (χ2v) is 7.24. The predicted octanol–water partition coefficient (Wildman–Crippen LogP) is 4.26. The summed E-state index contributed by atoms with van der Waals surface area (Å²) >= 11 is -2.49. The van der Waals surface area contributed by atoms with Crippen molar-refractivity contribution in [2.24, 2.45) is 0 Å². The number of aryl methyl sites for hydroxylation is 2. The first-order valence-corrected chi connectivity index (χ1v) is 9.69. The number of benzene rings is 2. The molecule has 0 fully saturated rings. The lowest BCUT2D eigenvalue weighted by Gasteiger charge is -2.29. The Bertz CT molecular complexity index is 1050. The van der Waals surface area contributed by atoms with E-state index in [-0.39, 0.29) is 5.91 Å². The maximum absolute atomic E-state index is 12.1. The number of hydrogen-bond acceptors (Lipinski definition) is 4. The molecule has 0 radical (unpaired) electrons. The third-order valence-corrected chi connectivity index (χ3v) is 4.99. The van der Waals surface area contributed by atoms with E-state index < -0.39 is 11.3 Å². The fraction of sp³-hybridized carbons (Fsp3) is 0.143. The van der Waals surface area contributed by atoms with Crippen molar-refractivity contribution in [2.45, 2.75) is 20.8 Å². The molecule has 0 aliphatic rings. The quantitative estimate of drug-likeness (QED) is 0.655. The largest absolute Gasteiger partial charge is 0.755 e. The van der Waals surface area contributed by atoms with Gasteiger partial charge in [0.2, 0.25) is 5.91 Å². The van der Waals surface area contributed by atoms with Gasteiger partial charge in [0.1, 0.15) is 0 Å². The number of amides is 1. The number of carbonyl (C=O) groups is 1. The summed E-state index contributed by atoms with van der Waals surface area (Å²) < 4.78 is 25.5. The molecule has 1 aromatic heterocycles. The second-order valence-electron chi connectivity index (χ2n) is 6.44. The minimum absolute atomic E-state index is 0.184. The molecule has 3 rings (SSSR count). The first-order chi connectivity index (χ1) is 13.4. The van der Waals surface area contributed by atoms with Crippen molar-refractivity contribution in [1.82, 2.24) is 4.98 Å². The summed E-state index contributed by atoms with van der Waals surface area (Å²) in [6.07, 6.45) is 3.23. The van der Waals surface area contributed by atoms with E-state index in [1.165, 1.54) is 11.2 Å². The van der Waals surface area contributed by atoms with Crippen molar-refractivity contribution in [1.29, 1.82) is 0 Å². The van der Waals surface area contributed by atoms with Gasteiger partial charge in [-0.05, 0) is 48.7 Å². The van der Waals surface area contributed by atoms with Crippen LogP contribution in [0.3, 0.4) is 0 Å². The fourth-order valence-electron chi connectivity index (χ4n) is 2.96.